The molecule has 1 atom stereocenters. The highest BCUT2D eigenvalue weighted by atomic mass is 16.2. The van der Waals surface area contributed by atoms with Crippen LogP contribution in [-0.4, -0.2) is 18.3 Å². The Bertz CT molecular complexity index is 1180. The zero-order valence-electron chi connectivity index (χ0n) is 15.3. The predicted octanol–water partition coefficient (Wildman–Crippen LogP) is 4.36. The van der Waals surface area contributed by atoms with E-state index < -0.39 is 0 Å². The van der Waals surface area contributed by atoms with Gasteiger partial charge in [-0.25, -0.2) is 0 Å². The van der Waals surface area contributed by atoms with Crippen LogP contribution in [0.2, 0.25) is 0 Å². The van der Waals surface area contributed by atoms with Gasteiger partial charge in [-0.15, -0.1) is 0 Å². The predicted molar refractivity (Wildman–Crippen MR) is 109 cm³/mol. The molecule has 0 saturated carbocycles. The lowest BCUT2D eigenvalue weighted by atomic mass is 9.50. The Labute approximate surface area is 163 Å². The smallest absolute Gasteiger partial charge is 0.254 e. The van der Waals surface area contributed by atoms with E-state index in [1.54, 1.807) is 0 Å². The molecule has 1 unspecified atom stereocenters. The summed E-state index contributed by atoms with van der Waals surface area (Å²) in [5.74, 6) is 1.60. The Morgan fingerprint density at radius 1 is 0.821 bits per heavy atom. The van der Waals surface area contributed by atoms with Crippen LogP contribution in [0.3, 0.4) is 0 Å². The van der Waals surface area contributed by atoms with Crippen LogP contribution in [0.1, 0.15) is 46.1 Å². The molecule has 8 rings (SSSR count). The first kappa shape index (κ1) is 14.8. The molecule has 2 aliphatic heterocycles. The van der Waals surface area contributed by atoms with Crippen molar-refractivity contribution in [2.75, 3.05) is 11.4 Å². The summed E-state index contributed by atoms with van der Waals surface area (Å²) in [5, 5.41) is 0. The average molecular weight is 362 g/mol. The largest absolute Gasteiger partial charge is 0.272 e. The van der Waals surface area contributed by atoms with Gasteiger partial charge in [0.05, 0.1) is 11.1 Å². The molecule has 0 saturated heterocycles. The molecule has 0 radical (unpaired) electrons. The molecule has 1 amide bonds. The molecule has 134 valence electrons. The van der Waals surface area contributed by atoms with Crippen molar-refractivity contribution in [1.82, 2.24) is 0 Å². The molecule has 3 aliphatic carbocycles. The van der Waals surface area contributed by atoms with Gasteiger partial charge in [0.2, 0.25) is 0 Å². The highest BCUT2D eigenvalue weighted by molar-refractivity contribution is 6.29. The SMILES string of the molecule is O=C1CN=C2N1c1ccccc1C21CC2c3ccccc3C1c1ccccc12. The van der Waals surface area contributed by atoms with Gasteiger partial charge >= 0.3 is 0 Å². The lowest BCUT2D eigenvalue weighted by Gasteiger charge is -2.52. The van der Waals surface area contributed by atoms with Crippen LogP contribution >= 0.6 is 0 Å². The lowest BCUT2D eigenvalue weighted by molar-refractivity contribution is -0.115. The van der Waals surface area contributed by atoms with Gasteiger partial charge in [0.1, 0.15) is 12.4 Å². The van der Waals surface area contributed by atoms with E-state index in [1.165, 1.54) is 27.8 Å². The number of carbonyl (C=O) groups is 1. The Morgan fingerprint density at radius 2 is 1.43 bits per heavy atom. The van der Waals surface area contributed by atoms with Crippen molar-refractivity contribution in [3.8, 4) is 0 Å². The number of anilines is 1. The van der Waals surface area contributed by atoms with E-state index in [4.69, 9.17) is 4.99 Å². The Hall–Kier alpha value is -3.20. The second-order valence-electron chi connectivity index (χ2n) is 8.31. The Kier molecular flexibility index (Phi) is 2.54. The van der Waals surface area contributed by atoms with E-state index in [2.05, 4.69) is 66.7 Å². The van der Waals surface area contributed by atoms with Crippen molar-refractivity contribution in [2.45, 2.75) is 23.7 Å². The molecule has 3 nitrogen and oxygen atoms in total. The van der Waals surface area contributed by atoms with E-state index in [0.29, 0.717) is 5.92 Å². The molecule has 28 heavy (non-hydrogen) atoms. The number of hydrogen-bond donors (Lipinski definition) is 0. The normalized spacial score (nSPS) is 28.1. The number of carbonyl (C=O) groups excluding carboxylic acids is 1. The van der Waals surface area contributed by atoms with E-state index in [1.807, 2.05) is 11.0 Å². The number of para-hydroxylation sites is 1. The number of fused-ring (bicyclic) bond motifs is 3. The zero-order chi connectivity index (χ0) is 18.5. The first-order valence-electron chi connectivity index (χ1n) is 9.96. The molecular formula is C25H18N2O. The highest BCUT2D eigenvalue weighted by Crippen LogP contribution is 2.66. The molecule has 1 spiro atoms. The molecule has 0 aromatic heterocycles. The number of benzene rings is 3. The molecule has 5 aliphatic rings. The summed E-state index contributed by atoms with van der Waals surface area (Å²) < 4.78 is 0. The number of aliphatic imine (C=N–C) groups is 1. The topological polar surface area (TPSA) is 32.7 Å². The summed E-state index contributed by atoms with van der Waals surface area (Å²) >= 11 is 0. The summed E-state index contributed by atoms with van der Waals surface area (Å²) in [4.78, 5) is 19.5. The van der Waals surface area contributed by atoms with Gasteiger partial charge in [0.15, 0.2) is 0 Å². The Morgan fingerprint density at radius 3 is 2.14 bits per heavy atom. The summed E-state index contributed by atoms with van der Waals surface area (Å²) in [6.45, 7) is 0.270. The van der Waals surface area contributed by atoms with E-state index in [0.717, 1.165) is 17.9 Å². The quantitative estimate of drug-likeness (QED) is 0.585. The highest BCUT2D eigenvalue weighted by Gasteiger charge is 2.62. The van der Waals surface area contributed by atoms with Crippen molar-refractivity contribution in [3.63, 3.8) is 0 Å². The number of nitrogens with zero attached hydrogens (tertiary/aromatic N) is 2. The molecule has 2 heterocycles. The van der Waals surface area contributed by atoms with Crippen LogP contribution < -0.4 is 4.90 Å². The second-order valence-corrected chi connectivity index (χ2v) is 8.31. The molecule has 0 fully saturated rings. The number of amidine groups is 1. The fourth-order valence-corrected chi connectivity index (χ4v) is 6.35. The maximum Gasteiger partial charge on any atom is 0.254 e. The minimum Gasteiger partial charge on any atom is -0.272 e. The average Bonchev–Trinajstić information content (AvgIpc) is 3.26. The molecular weight excluding hydrogens is 344 g/mol. The maximum atomic E-state index is 12.8. The van der Waals surface area contributed by atoms with E-state index in [9.17, 15) is 4.79 Å². The standard InChI is InChI=1S/C25H18N2O/c28-22-14-26-24-25(20-11-5-6-12-21(20)27(22)24)13-19-15-7-1-3-9-17(15)23(25)18-10-4-2-8-16(18)19/h1-12,19,23H,13-14H2. The summed E-state index contributed by atoms with van der Waals surface area (Å²) in [6.07, 6.45) is 0.977. The summed E-state index contributed by atoms with van der Waals surface area (Å²) in [5.41, 5.74) is 7.73. The molecule has 3 heteroatoms. The number of amides is 1. The Balaban J connectivity index is 1.61. The van der Waals surface area contributed by atoms with Crippen LogP contribution in [0.5, 0.6) is 0 Å². The minimum atomic E-state index is -0.254. The van der Waals surface area contributed by atoms with E-state index in [-0.39, 0.29) is 23.8 Å². The van der Waals surface area contributed by atoms with Gasteiger partial charge in [-0.1, -0.05) is 66.7 Å². The summed E-state index contributed by atoms with van der Waals surface area (Å²) in [7, 11) is 0. The van der Waals surface area contributed by atoms with Crippen LogP contribution in [0.25, 0.3) is 0 Å². The van der Waals surface area contributed by atoms with Crippen molar-refractivity contribution >= 4 is 17.4 Å². The minimum absolute atomic E-state index is 0.0994. The summed E-state index contributed by atoms with van der Waals surface area (Å²) in [6, 6.07) is 26.2. The maximum absolute atomic E-state index is 12.8. The molecule has 3 aromatic carbocycles. The van der Waals surface area contributed by atoms with Gasteiger partial charge in [-0.2, -0.15) is 0 Å². The molecule has 3 aromatic rings. The van der Waals surface area contributed by atoms with Crippen molar-refractivity contribution in [3.05, 3.63) is 101 Å². The van der Waals surface area contributed by atoms with Gasteiger partial charge in [0.25, 0.3) is 5.91 Å². The van der Waals surface area contributed by atoms with Gasteiger partial charge < -0.3 is 0 Å². The van der Waals surface area contributed by atoms with Gasteiger partial charge in [0, 0.05) is 11.8 Å². The lowest BCUT2D eigenvalue weighted by Crippen LogP contribution is -2.50. The van der Waals surface area contributed by atoms with Crippen molar-refractivity contribution < 1.29 is 4.79 Å². The molecule has 0 N–H and O–H groups in total. The number of rotatable bonds is 0. The fourth-order valence-electron chi connectivity index (χ4n) is 6.35. The van der Waals surface area contributed by atoms with Gasteiger partial charge in [-0.3, -0.25) is 14.7 Å². The van der Waals surface area contributed by atoms with E-state index >= 15 is 0 Å². The zero-order valence-corrected chi connectivity index (χ0v) is 15.3. The van der Waals surface area contributed by atoms with Crippen LogP contribution in [-0.2, 0) is 10.2 Å². The third-order valence-electron chi connectivity index (χ3n) is 7.23. The molecule has 2 bridgehead atoms. The van der Waals surface area contributed by atoms with Gasteiger partial charge in [-0.05, 0) is 40.3 Å². The second kappa shape index (κ2) is 4.79. The number of hydrogen-bond acceptors (Lipinski definition) is 2. The van der Waals surface area contributed by atoms with Crippen molar-refractivity contribution in [1.29, 1.82) is 0 Å². The first-order valence-corrected chi connectivity index (χ1v) is 9.96. The van der Waals surface area contributed by atoms with Crippen LogP contribution in [0.4, 0.5) is 5.69 Å². The van der Waals surface area contributed by atoms with Crippen molar-refractivity contribution in [2.24, 2.45) is 4.99 Å². The monoisotopic (exact) mass is 362 g/mol. The fraction of sp³-hybridized carbons (Fsp3) is 0.200. The third-order valence-corrected chi connectivity index (χ3v) is 7.23. The van der Waals surface area contributed by atoms with Crippen LogP contribution in [0.15, 0.2) is 77.8 Å². The third kappa shape index (κ3) is 1.47. The van der Waals surface area contributed by atoms with Crippen LogP contribution in [0, 0.1) is 0 Å². The first-order chi connectivity index (χ1) is 13.8.